The molecule has 0 amide bonds. The average molecular weight is 317 g/mol. The molecule has 1 heterocycles. The number of nitrogens with zero attached hydrogens (tertiary/aromatic N) is 1. The molecule has 1 atom stereocenters. The van der Waals surface area contributed by atoms with Crippen LogP contribution >= 0.6 is 0 Å². The first kappa shape index (κ1) is 17.2. The summed E-state index contributed by atoms with van der Waals surface area (Å²) in [7, 11) is -2.99. The lowest BCUT2D eigenvalue weighted by Crippen LogP contribution is -2.48. The van der Waals surface area contributed by atoms with Crippen molar-refractivity contribution in [3.05, 3.63) is 0 Å². The molecule has 1 aliphatic carbocycles. The summed E-state index contributed by atoms with van der Waals surface area (Å²) in [5.74, 6) is 0.225. The first-order chi connectivity index (χ1) is 9.82. The molecule has 1 saturated carbocycles. The first-order valence-electron chi connectivity index (χ1n) is 8.56. The van der Waals surface area contributed by atoms with Crippen LogP contribution in [0.4, 0.5) is 0 Å². The molecule has 124 valence electrons. The topological polar surface area (TPSA) is 49.4 Å². The highest BCUT2D eigenvalue weighted by molar-refractivity contribution is 7.89. The van der Waals surface area contributed by atoms with E-state index in [1.807, 2.05) is 0 Å². The number of nitrogens with one attached hydrogen (secondary N) is 1. The van der Waals surface area contributed by atoms with Crippen molar-refractivity contribution in [1.82, 2.24) is 9.62 Å². The number of sulfonamides is 1. The van der Waals surface area contributed by atoms with Gasteiger partial charge in [0.1, 0.15) is 0 Å². The molecule has 0 bridgehead atoms. The lowest BCUT2D eigenvalue weighted by atomic mass is 9.85. The Labute approximate surface area is 130 Å². The summed E-state index contributed by atoms with van der Waals surface area (Å²) >= 11 is 0. The van der Waals surface area contributed by atoms with Crippen molar-refractivity contribution in [3.8, 4) is 0 Å². The Balaban J connectivity index is 1.79. The Bertz CT molecular complexity index is 426. The highest BCUT2D eigenvalue weighted by atomic mass is 32.2. The van der Waals surface area contributed by atoms with Crippen molar-refractivity contribution >= 4 is 10.0 Å². The SMILES string of the molecule is CCS(=O)(=O)N1CCC(NC2CCCC(C)(C)CC2)CC1. The molecule has 21 heavy (non-hydrogen) atoms. The molecular formula is C16H32N2O2S. The van der Waals surface area contributed by atoms with Gasteiger partial charge in [0, 0.05) is 25.2 Å². The molecule has 5 heteroatoms. The van der Waals surface area contributed by atoms with Crippen LogP contribution in [-0.4, -0.2) is 43.6 Å². The molecule has 0 spiro atoms. The van der Waals surface area contributed by atoms with E-state index in [4.69, 9.17) is 0 Å². The minimum Gasteiger partial charge on any atom is -0.311 e. The summed E-state index contributed by atoms with van der Waals surface area (Å²) < 4.78 is 25.4. The van der Waals surface area contributed by atoms with Crippen molar-refractivity contribution in [3.63, 3.8) is 0 Å². The molecule has 0 aromatic carbocycles. The monoisotopic (exact) mass is 316 g/mol. The van der Waals surface area contributed by atoms with E-state index in [1.165, 1.54) is 32.1 Å². The zero-order valence-electron chi connectivity index (χ0n) is 13.9. The molecule has 0 radical (unpaired) electrons. The predicted octanol–water partition coefficient (Wildman–Crippen LogP) is 2.75. The molecule has 0 aromatic heterocycles. The maximum atomic E-state index is 11.9. The van der Waals surface area contributed by atoms with Crippen molar-refractivity contribution < 1.29 is 8.42 Å². The largest absolute Gasteiger partial charge is 0.311 e. The maximum absolute atomic E-state index is 11.9. The van der Waals surface area contributed by atoms with Crippen LogP contribution in [-0.2, 0) is 10.0 Å². The Morgan fingerprint density at radius 1 is 1.05 bits per heavy atom. The van der Waals surface area contributed by atoms with Crippen molar-refractivity contribution in [2.24, 2.45) is 5.41 Å². The molecule has 2 fully saturated rings. The second-order valence-corrected chi connectivity index (χ2v) is 9.79. The fourth-order valence-corrected chi connectivity index (χ4v) is 4.78. The van der Waals surface area contributed by atoms with E-state index in [-0.39, 0.29) is 5.75 Å². The summed E-state index contributed by atoms with van der Waals surface area (Å²) in [5, 5.41) is 3.80. The van der Waals surface area contributed by atoms with E-state index in [2.05, 4.69) is 19.2 Å². The molecule has 4 nitrogen and oxygen atoms in total. The summed E-state index contributed by atoms with van der Waals surface area (Å²) in [5.41, 5.74) is 0.495. The predicted molar refractivity (Wildman–Crippen MR) is 87.8 cm³/mol. The van der Waals surface area contributed by atoms with Crippen molar-refractivity contribution in [2.75, 3.05) is 18.8 Å². The van der Waals surface area contributed by atoms with Gasteiger partial charge < -0.3 is 5.32 Å². The quantitative estimate of drug-likeness (QED) is 0.811. The fourth-order valence-electron chi connectivity index (χ4n) is 3.64. The Kier molecular flexibility index (Phi) is 5.71. The number of hydrogen-bond acceptors (Lipinski definition) is 3. The molecule has 2 rings (SSSR count). The molecule has 1 unspecified atom stereocenters. The molecule has 0 aromatic rings. The second-order valence-electron chi connectivity index (χ2n) is 7.53. The minimum absolute atomic E-state index is 0.225. The van der Waals surface area contributed by atoms with E-state index >= 15 is 0 Å². The van der Waals surface area contributed by atoms with Gasteiger partial charge >= 0.3 is 0 Å². The molecule has 1 aliphatic heterocycles. The van der Waals surface area contributed by atoms with Crippen LogP contribution in [0.3, 0.4) is 0 Å². The highest BCUT2D eigenvalue weighted by Crippen LogP contribution is 2.34. The standard InChI is InChI=1S/C16H32N2O2S/c1-4-21(19,20)18-12-8-15(9-13-18)17-14-6-5-10-16(2,3)11-7-14/h14-15,17H,4-13H2,1-3H3. The Morgan fingerprint density at radius 3 is 2.29 bits per heavy atom. The third-order valence-corrected chi connectivity index (χ3v) is 7.14. The van der Waals surface area contributed by atoms with Crippen molar-refractivity contribution in [2.45, 2.75) is 77.8 Å². The van der Waals surface area contributed by atoms with Gasteiger partial charge in [0.25, 0.3) is 0 Å². The summed E-state index contributed by atoms with van der Waals surface area (Å²) in [6.07, 6.45) is 8.40. The summed E-state index contributed by atoms with van der Waals surface area (Å²) in [4.78, 5) is 0. The van der Waals surface area contributed by atoms with E-state index in [0.29, 0.717) is 30.6 Å². The van der Waals surface area contributed by atoms with Gasteiger partial charge in [-0.3, -0.25) is 0 Å². The van der Waals surface area contributed by atoms with E-state index in [0.717, 1.165) is 12.8 Å². The van der Waals surface area contributed by atoms with Crippen LogP contribution in [0, 0.1) is 5.41 Å². The minimum atomic E-state index is -2.99. The third-order valence-electron chi connectivity index (χ3n) is 5.26. The third kappa shape index (κ3) is 4.93. The van der Waals surface area contributed by atoms with Gasteiger partial charge in [-0.15, -0.1) is 0 Å². The zero-order chi connectivity index (χ0) is 15.5. The highest BCUT2D eigenvalue weighted by Gasteiger charge is 2.29. The van der Waals surface area contributed by atoms with Gasteiger partial charge in [-0.05, 0) is 50.9 Å². The molecule has 1 saturated heterocycles. The maximum Gasteiger partial charge on any atom is 0.213 e. The van der Waals surface area contributed by atoms with Crippen LogP contribution in [0.1, 0.15) is 65.7 Å². The van der Waals surface area contributed by atoms with E-state index < -0.39 is 10.0 Å². The van der Waals surface area contributed by atoms with Crippen LogP contribution in [0.15, 0.2) is 0 Å². The number of piperidine rings is 1. The van der Waals surface area contributed by atoms with Gasteiger partial charge in [-0.25, -0.2) is 12.7 Å². The molecule has 1 N–H and O–H groups in total. The Hall–Kier alpha value is -0.130. The zero-order valence-corrected chi connectivity index (χ0v) is 14.7. The van der Waals surface area contributed by atoms with Gasteiger partial charge in [0.05, 0.1) is 5.75 Å². The van der Waals surface area contributed by atoms with Crippen molar-refractivity contribution in [1.29, 1.82) is 0 Å². The molecule has 2 aliphatic rings. The van der Waals surface area contributed by atoms with Crippen LogP contribution in [0.25, 0.3) is 0 Å². The van der Waals surface area contributed by atoms with Crippen LogP contribution < -0.4 is 5.32 Å². The first-order valence-corrected chi connectivity index (χ1v) is 10.2. The fraction of sp³-hybridized carbons (Fsp3) is 1.00. The second kappa shape index (κ2) is 6.97. The van der Waals surface area contributed by atoms with Crippen LogP contribution in [0.2, 0.25) is 0 Å². The van der Waals surface area contributed by atoms with Gasteiger partial charge in [0.15, 0.2) is 0 Å². The molecular weight excluding hydrogens is 284 g/mol. The number of rotatable bonds is 4. The average Bonchev–Trinajstić information content (AvgIpc) is 2.61. The summed E-state index contributed by atoms with van der Waals surface area (Å²) in [6, 6.07) is 1.13. The van der Waals surface area contributed by atoms with E-state index in [9.17, 15) is 8.42 Å². The number of hydrogen-bond donors (Lipinski definition) is 1. The lowest BCUT2D eigenvalue weighted by molar-refractivity contribution is 0.261. The Morgan fingerprint density at radius 2 is 1.67 bits per heavy atom. The lowest BCUT2D eigenvalue weighted by Gasteiger charge is -2.33. The van der Waals surface area contributed by atoms with Gasteiger partial charge in [-0.2, -0.15) is 0 Å². The smallest absolute Gasteiger partial charge is 0.213 e. The van der Waals surface area contributed by atoms with E-state index in [1.54, 1.807) is 11.2 Å². The summed E-state index contributed by atoms with van der Waals surface area (Å²) in [6.45, 7) is 7.86. The van der Waals surface area contributed by atoms with Gasteiger partial charge in [0.2, 0.25) is 10.0 Å². The van der Waals surface area contributed by atoms with Gasteiger partial charge in [-0.1, -0.05) is 20.3 Å². The van der Waals surface area contributed by atoms with Crippen LogP contribution in [0.5, 0.6) is 0 Å². The normalized spacial score (nSPS) is 29.2.